The molecule has 0 radical (unpaired) electrons. The Bertz CT molecular complexity index is 804. The molecule has 1 aromatic carbocycles. The van der Waals surface area contributed by atoms with Gasteiger partial charge < -0.3 is 4.74 Å². The molecule has 2 heterocycles. The molecule has 0 aliphatic carbocycles. The number of halogens is 1. The number of ether oxygens (including phenoxy) is 1. The zero-order valence-electron chi connectivity index (χ0n) is 13.4. The Balaban J connectivity index is 1.86. The minimum atomic E-state index is 0.345. The molecule has 1 atom stereocenters. The second-order valence-electron chi connectivity index (χ2n) is 5.60. The minimum Gasteiger partial charge on any atom is -0.497 e. The van der Waals surface area contributed by atoms with Gasteiger partial charge in [0, 0.05) is 34.5 Å². The van der Waals surface area contributed by atoms with Crippen molar-refractivity contribution in [2.45, 2.75) is 19.5 Å². The highest BCUT2D eigenvalue weighted by Crippen LogP contribution is 2.28. The SMILES string of the molecule is COc1ccc2cc(CN(C)C(C)c3cccs3)c(Cl)nc2c1. The largest absolute Gasteiger partial charge is 0.497 e. The van der Waals surface area contributed by atoms with Crippen molar-refractivity contribution < 1.29 is 4.74 Å². The quantitative estimate of drug-likeness (QED) is 0.597. The molecule has 3 nitrogen and oxygen atoms in total. The zero-order valence-corrected chi connectivity index (χ0v) is 15.0. The van der Waals surface area contributed by atoms with Crippen molar-refractivity contribution in [3.05, 3.63) is 57.4 Å². The lowest BCUT2D eigenvalue weighted by Gasteiger charge is -2.24. The normalized spacial score (nSPS) is 12.7. The number of benzene rings is 1. The summed E-state index contributed by atoms with van der Waals surface area (Å²) in [5.74, 6) is 0.789. The molecule has 5 heteroatoms. The molecule has 2 aromatic heterocycles. The first-order valence-corrected chi connectivity index (χ1v) is 8.71. The Kier molecular flexibility index (Phi) is 4.85. The molecule has 1 unspecified atom stereocenters. The minimum absolute atomic E-state index is 0.345. The van der Waals surface area contributed by atoms with Crippen molar-refractivity contribution >= 4 is 33.8 Å². The molecule has 0 saturated carbocycles. The van der Waals surface area contributed by atoms with Crippen molar-refractivity contribution in [2.75, 3.05) is 14.2 Å². The Morgan fingerprint density at radius 2 is 2.13 bits per heavy atom. The number of thiophene rings is 1. The molecule has 3 aromatic rings. The van der Waals surface area contributed by atoms with E-state index in [4.69, 9.17) is 16.3 Å². The van der Waals surface area contributed by atoms with Crippen molar-refractivity contribution in [3.63, 3.8) is 0 Å². The monoisotopic (exact) mass is 346 g/mol. The predicted octanol–water partition coefficient (Wildman–Crippen LogP) is 5.15. The molecule has 0 bridgehead atoms. The summed E-state index contributed by atoms with van der Waals surface area (Å²) >= 11 is 8.17. The maximum Gasteiger partial charge on any atom is 0.134 e. The highest BCUT2D eigenvalue weighted by molar-refractivity contribution is 7.10. The highest BCUT2D eigenvalue weighted by Gasteiger charge is 2.15. The maximum absolute atomic E-state index is 6.40. The topological polar surface area (TPSA) is 25.4 Å². The average molecular weight is 347 g/mol. The molecule has 0 spiro atoms. The fraction of sp³-hybridized carbons (Fsp3) is 0.278. The Hall–Kier alpha value is -1.62. The van der Waals surface area contributed by atoms with Crippen LogP contribution in [0, 0.1) is 0 Å². The fourth-order valence-corrected chi connectivity index (χ4v) is 3.61. The number of methoxy groups -OCH3 is 1. The molecule has 0 N–H and O–H groups in total. The molecule has 0 amide bonds. The van der Waals surface area contributed by atoms with Crippen LogP contribution in [0.4, 0.5) is 0 Å². The van der Waals surface area contributed by atoms with Crippen LogP contribution >= 0.6 is 22.9 Å². The predicted molar refractivity (Wildman–Crippen MR) is 97.5 cm³/mol. The molecule has 0 saturated heterocycles. The van der Waals surface area contributed by atoms with Crippen molar-refractivity contribution in [3.8, 4) is 5.75 Å². The second kappa shape index (κ2) is 6.87. The molecule has 3 rings (SSSR count). The van der Waals surface area contributed by atoms with Crippen LogP contribution in [0.15, 0.2) is 41.8 Å². The number of hydrogen-bond donors (Lipinski definition) is 0. The van der Waals surface area contributed by atoms with Gasteiger partial charge in [-0.25, -0.2) is 4.98 Å². The Labute approximate surface area is 145 Å². The summed E-state index contributed by atoms with van der Waals surface area (Å²) in [5.41, 5.74) is 1.89. The van der Waals surface area contributed by atoms with Crippen LogP contribution in [-0.2, 0) is 6.54 Å². The van der Waals surface area contributed by atoms with E-state index in [0.717, 1.165) is 28.8 Å². The Morgan fingerprint density at radius 1 is 1.30 bits per heavy atom. The van der Waals surface area contributed by atoms with Gasteiger partial charge in [0.25, 0.3) is 0 Å². The summed E-state index contributed by atoms with van der Waals surface area (Å²) in [6, 6.07) is 12.6. The number of nitrogens with zero attached hydrogens (tertiary/aromatic N) is 2. The number of fused-ring (bicyclic) bond motifs is 1. The van der Waals surface area contributed by atoms with Crippen LogP contribution in [-0.4, -0.2) is 24.0 Å². The van der Waals surface area contributed by atoms with Gasteiger partial charge in [-0.15, -0.1) is 11.3 Å². The van der Waals surface area contributed by atoms with Crippen molar-refractivity contribution in [1.29, 1.82) is 0 Å². The lowest BCUT2D eigenvalue weighted by Crippen LogP contribution is -2.21. The standard InChI is InChI=1S/C18H19ClN2OS/c1-12(17-5-4-8-23-17)21(2)11-14-9-13-6-7-15(22-3)10-16(13)20-18(14)19/h4-10,12H,11H2,1-3H3. The smallest absolute Gasteiger partial charge is 0.134 e. The third kappa shape index (κ3) is 3.50. The van der Waals surface area contributed by atoms with E-state index in [9.17, 15) is 0 Å². The third-order valence-electron chi connectivity index (χ3n) is 4.09. The molecular weight excluding hydrogens is 328 g/mol. The van der Waals surface area contributed by atoms with Crippen LogP contribution in [0.5, 0.6) is 5.75 Å². The fourth-order valence-electron chi connectivity index (χ4n) is 2.56. The van der Waals surface area contributed by atoms with Gasteiger partial charge in [-0.2, -0.15) is 0 Å². The van der Waals surface area contributed by atoms with Crippen LogP contribution in [0.1, 0.15) is 23.4 Å². The van der Waals surface area contributed by atoms with E-state index >= 15 is 0 Å². The molecule has 23 heavy (non-hydrogen) atoms. The summed E-state index contributed by atoms with van der Waals surface area (Å²) in [6.45, 7) is 2.96. The summed E-state index contributed by atoms with van der Waals surface area (Å²) in [5, 5.41) is 3.73. The van der Waals surface area contributed by atoms with E-state index in [2.05, 4.69) is 47.4 Å². The van der Waals surface area contributed by atoms with Gasteiger partial charge >= 0.3 is 0 Å². The van der Waals surface area contributed by atoms with E-state index < -0.39 is 0 Å². The highest BCUT2D eigenvalue weighted by atomic mass is 35.5. The summed E-state index contributed by atoms with van der Waals surface area (Å²) in [4.78, 5) is 8.15. The van der Waals surface area contributed by atoms with Gasteiger partial charge in [0.2, 0.25) is 0 Å². The molecular formula is C18H19ClN2OS. The van der Waals surface area contributed by atoms with Gasteiger partial charge in [0.05, 0.1) is 12.6 Å². The average Bonchev–Trinajstić information content (AvgIpc) is 3.08. The molecule has 120 valence electrons. The van der Waals surface area contributed by atoms with Crippen LogP contribution in [0.3, 0.4) is 0 Å². The Morgan fingerprint density at radius 3 is 2.83 bits per heavy atom. The molecule has 0 aliphatic rings. The van der Waals surface area contributed by atoms with E-state index in [1.807, 2.05) is 18.2 Å². The van der Waals surface area contributed by atoms with Crippen LogP contribution < -0.4 is 4.74 Å². The zero-order chi connectivity index (χ0) is 16.4. The summed E-state index contributed by atoms with van der Waals surface area (Å²) < 4.78 is 5.24. The number of hydrogen-bond acceptors (Lipinski definition) is 4. The van der Waals surface area contributed by atoms with Crippen LogP contribution in [0.25, 0.3) is 10.9 Å². The van der Waals surface area contributed by atoms with Gasteiger partial charge in [0.15, 0.2) is 0 Å². The van der Waals surface area contributed by atoms with Crippen molar-refractivity contribution in [2.24, 2.45) is 0 Å². The molecule has 0 aliphatic heterocycles. The van der Waals surface area contributed by atoms with Gasteiger partial charge in [-0.1, -0.05) is 17.7 Å². The maximum atomic E-state index is 6.40. The first kappa shape index (κ1) is 16.2. The van der Waals surface area contributed by atoms with E-state index in [1.165, 1.54) is 4.88 Å². The van der Waals surface area contributed by atoms with Crippen molar-refractivity contribution in [1.82, 2.24) is 9.88 Å². The lowest BCUT2D eigenvalue weighted by molar-refractivity contribution is 0.256. The second-order valence-corrected chi connectivity index (χ2v) is 6.94. The first-order valence-electron chi connectivity index (χ1n) is 7.45. The lowest BCUT2D eigenvalue weighted by atomic mass is 10.1. The third-order valence-corrected chi connectivity index (χ3v) is 5.46. The van der Waals surface area contributed by atoms with Gasteiger partial charge in [-0.05, 0) is 43.6 Å². The van der Waals surface area contributed by atoms with E-state index in [1.54, 1.807) is 18.4 Å². The van der Waals surface area contributed by atoms with E-state index in [-0.39, 0.29) is 0 Å². The summed E-state index contributed by atoms with van der Waals surface area (Å²) in [6.07, 6.45) is 0. The number of aromatic nitrogens is 1. The van der Waals surface area contributed by atoms with E-state index in [0.29, 0.717) is 11.2 Å². The number of rotatable bonds is 5. The first-order chi connectivity index (χ1) is 11.1. The van der Waals surface area contributed by atoms with Crippen LogP contribution in [0.2, 0.25) is 5.15 Å². The van der Waals surface area contributed by atoms with Gasteiger partial charge in [-0.3, -0.25) is 4.90 Å². The molecule has 0 fully saturated rings. The number of pyridine rings is 1. The van der Waals surface area contributed by atoms with Gasteiger partial charge in [0.1, 0.15) is 10.9 Å². The summed E-state index contributed by atoms with van der Waals surface area (Å²) in [7, 11) is 3.76.